The Morgan fingerprint density at radius 3 is 2.64 bits per heavy atom. The summed E-state index contributed by atoms with van der Waals surface area (Å²) >= 11 is 5.72. The van der Waals surface area contributed by atoms with E-state index in [4.69, 9.17) is 17.3 Å². The maximum atomic E-state index is 12.9. The molecule has 0 aliphatic rings. The van der Waals surface area contributed by atoms with Gasteiger partial charge in [-0.2, -0.15) is 0 Å². The van der Waals surface area contributed by atoms with Crippen LogP contribution in [-0.4, -0.2) is 5.11 Å². The standard InChI is InChI=1S/C9H9ClFNO.ClH/c1-2-7(12)8-5(10)3-4-6(11)9(8)13;/h2-4,7,13H,1,12H2;1H/t7-;/m1./s1. The number of rotatable bonds is 2. The number of phenolic OH excluding ortho intramolecular Hbond substituents is 1. The summed E-state index contributed by atoms with van der Waals surface area (Å²) in [6.07, 6.45) is 1.38. The van der Waals surface area contributed by atoms with Crippen LogP contribution in [0.25, 0.3) is 0 Å². The summed E-state index contributed by atoms with van der Waals surface area (Å²) in [7, 11) is 0. The first kappa shape index (κ1) is 13.2. The zero-order valence-corrected chi connectivity index (χ0v) is 8.78. The topological polar surface area (TPSA) is 46.2 Å². The molecule has 0 aliphatic heterocycles. The zero-order chi connectivity index (χ0) is 10.0. The predicted molar refractivity (Wildman–Crippen MR) is 57.4 cm³/mol. The largest absolute Gasteiger partial charge is 0.505 e. The van der Waals surface area contributed by atoms with Gasteiger partial charge in [-0.15, -0.1) is 19.0 Å². The van der Waals surface area contributed by atoms with Crippen molar-refractivity contribution >= 4 is 24.0 Å². The molecule has 0 fully saturated rings. The van der Waals surface area contributed by atoms with Gasteiger partial charge in [0.1, 0.15) is 0 Å². The maximum Gasteiger partial charge on any atom is 0.165 e. The van der Waals surface area contributed by atoms with E-state index < -0.39 is 17.6 Å². The lowest BCUT2D eigenvalue weighted by Crippen LogP contribution is -2.08. The predicted octanol–water partition coefficient (Wildman–Crippen LogP) is 2.79. The fourth-order valence-corrected chi connectivity index (χ4v) is 1.27. The summed E-state index contributed by atoms with van der Waals surface area (Å²) in [6, 6.07) is 1.76. The summed E-state index contributed by atoms with van der Waals surface area (Å²) in [4.78, 5) is 0. The Hall–Kier alpha value is -0.770. The third-order valence-corrected chi connectivity index (χ3v) is 2.03. The van der Waals surface area contributed by atoms with E-state index in [2.05, 4.69) is 6.58 Å². The van der Waals surface area contributed by atoms with Crippen molar-refractivity contribution in [2.24, 2.45) is 5.73 Å². The van der Waals surface area contributed by atoms with Gasteiger partial charge in [0.25, 0.3) is 0 Å². The molecule has 5 heteroatoms. The van der Waals surface area contributed by atoms with Crippen LogP contribution in [0.5, 0.6) is 5.75 Å². The third kappa shape index (κ3) is 2.38. The highest BCUT2D eigenvalue weighted by Crippen LogP contribution is 2.32. The van der Waals surface area contributed by atoms with Gasteiger partial charge in [-0.1, -0.05) is 17.7 Å². The van der Waals surface area contributed by atoms with Crippen molar-refractivity contribution in [2.75, 3.05) is 0 Å². The Balaban J connectivity index is 0.00000169. The lowest BCUT2D eigenvalue weighted by molar-refractivity contribution is 0.424. The molecular formula is C9H10Cl2FNO. The van der Waals surface area contributed by atoms with E-state index in [1.165, 1.54) is 12.1 Å². The highest BCUT2D eigenvalue weighted by atomic mass is 35.5. The van der Waals surface area contributed by atoms with Crippen molar-refractivity contribution in [3.8, 4) is 5.75 Å². The van der Waals surface area contributed by atoms with Gasteiger partial charge in [0.15, 0.2) is 11.6 Å². The van der Waals surface area contributed by atoms with Gasteiger partial charge in [-0.25, -0.2) is 4.39 Å². The molecule has 1 atom stereocenters. The molecule has 1 aromatic carbocycles. The van der Waals surface area contributed by atoms with Gasteiger partial charge in [0.05, 0.1) is 6.04 Å². The molecule has 0 bridgehead atoms. The Morgan fingerprint density at radius 1 is 1.57 bits per heavy atom. The van der Waals surface area contributed by atoms with Crippen molar-refractivity contribution < 1.29 is 9.50 Å². The molecule has 0 saturated heterocycles. The second-order valence-electron chi connectivity index (χ2n) is 2.55. The van der Waals surface area contributed by atoms with Gasteiger partial charge in [-0.3, -0.25) is 0 Å². The zero-order valence-electron chi connectivity index (χ0n) is 7.21. The molecule has 2 nitrogen and oxygen atoms in total. The van der Waals surface area contributed by atoms with Crippen molar-refractivity contribution in [1.82, 2.24) is 0 Å². The molecule has 3 N–H and O–H groups in total. The van der Waals surface area contributed by atoms with Crippen LogP contribution < -0.4 is 5.73 Å². The number of halogens is 3. The van der Waals surface area contributed by atoms with Crippen molar-refractivity contribution in [3.63, 3.8) is 0 Å². The number of hydrogen-bond acceptors (Lipinski definition) is 2. The van der Waals surface area contributed by atoms with Gasteiger partial charge in [-0.05, 0) is 12.1 Å². The molecule has 78 valence electrons. The molecule has 0 radical (unpaired) electrons. The first-order valence-electron chi connectivity index (χ1n) is 3.63. The number of aromatic hydroxyl groups is 1. The molecule has 0 saturated carbocycles. The number of hydrogen-bond donors (Lipinski definition) is 2. The molecule has 1 aromatic rings. The average molecular weight is 238 g/mol. The van der Waals surface area contributed by atoms with Crippen LogP contribution >= 0.6 is 24.0 Å². The van der Waals surface area contributed by atoms with E-state index in [0.717, 1.165) is 6.07 Å². The monoisotopic (exact) mass is 237 g/mol. The van der Waals surface area contributed by atoms with E-state index >= 15 is 0 Å². The molecule has 0 spiro atoms. The van der Waals surface area contributed by atoms with E-state index in [1.54, 1.807) is 0 Å². The van der Waals surface area contributed by atoms with Gasteiger partial charge >= 0.3 is 0 Å². The summed E-state index contributed by atoms with van der Waals surface area (Å²) in [5.74, 6) is -1.25. The van der Waals surface area contributed by atoms with Gasteiger partial charge < -0.3 is 10.8 Å². The fourth-order valence-electron chi connectivity index (χ4n) is 0.992. The highest BCUT2D eigenvalue weighted by molar-refractivity contribution is 6.31. The third-order valence-electron chi connectivity index (χ3n) is 1.70. The van der Waals surface area contributed by atoms with E-state index in [0.29, 0.717) is 0 Å². The lowest BCUT2D eigenvalue weighted by atomic mass is 10.1. The molecular weight excluding hydrogens is 228 g/mol. The SMILES string of the molecule is C=C[C@@H](N)c1c(Cl)ccc(F)c1O.Cl. The minimum Gasteiger partial charge on any atom is -0.505 e. The first-order valence-corrected chi connectivity index (χ1v) is 4.00. The molecule has 0 aromatic heterocycles. The summed E-state index contributed by atoms with van der Waals surface area (Å²) < 4.78 is 12.9. The second kappa shape index (κ2) is 5.20. The smallest absolute Gasteiger partial charge is 0.165 e. The Bertz CT molecular complexity index is 344. The van der Waals surface area contributed by atoms with E-state index in [9.17, 15) is 9.50 Å². The molecule has 0 amide bonds. The summed E-state index contributed by atoms with van der Waals surface area (Å²) in [5, 5.41) is 9.52. The Morgan fingerprint density at radius 2 is 2.14 bits per heavy atom. The van der Waals surface area contributed by atoms with E-state index in [1.807, 2.05) is 0 Å². The van der Waals surface area contributed by atoms with Crippen LogP contribution in [0, 0.1) is 5.82 Å². The van der Waals surface area contributed by atoms with Crippen molar-refractivity contribution in [3.05, 3.63) is 41.2 Å². The van der Waals surface area contributed by atoms with Crippen LogP contribution in [0.15, 0.2) is 24.8 Å². The van der Waals surface area contributed by atoms with Gasteiger partial charge in [0, 0.05) is 10.6 Å². The number of phenols is 1. The van der Waals surface area contributed by atoms with Crippen LogP contribution in [-0.2, 0) is 0 Å². The van der Waals surface area contributed by atoms with Crippen molar-refractivity contribution in [1.29, 1.82) is 0 Å². The molecule has 14 heavy (non-hydrogen) atoms. The van der Waals surface area contributed by atoms with Crippen LogP contribution in [0.1, 0.15) is 11.6 Å². The molecule has 0 unspecified atom stereocenters. The van der Waals surface area contributed by atoms with Gasteiger partial charge in [0.2, 0.25) is 0 Å². The minimum absolute atomic E-state index is 0. The van der Waals surface area contributed by atoms with E-state index in [-0.39, 0.29) is 23.0 Å². The minimum atomic E-state index is -0.739. The first-order chi connectivity index (χ1) is 6.07. The van der Waals surface area contributed by atoms with Crippen LogP contribution in [0.2, 0.25) is 5.02 Å². The summed E-state index contributed by atoms with van der Waals surface area (Å²) in [6.45, 7) is 3.43. The Kier molecular flexibility index (Phi) is 4.91. The molecule has 0 heterocycles. The van der Waals surface area contributed by atoms with Crippen LogP contribution in [0.3, 0.4) is 0 Å². The Labute approximate surface area is 92.6 Å². The normalized spacial score (nSPS) is 11.6. The number of nitrogens with two attached hydrogens (primary N) is 1. The fraction of sp³-hybridized carbons (Fsp3) is 0.111. The highest BCUT2D eigenvalue weighted by Gasteiger charge is 2.15. The molecule has 1 rings (SSSR count). The van der Waals surface area contributed by atoms with Crippen LogP contribution in [0.4, 0.5) is 4.39 Å². The van der Waals surface area contributed by atoms with Crippen molar-refractivity contribution in [2.45, 2.75) is 6.04 Å². The average Bonchev–Trinajstić information content (AvgIpc) is 2.12. The number of benzene rings is 1. The maximum absolute atomic E-state index is 12.9. The second-order valence-corrected chi connectivity index (χ2v) is 2.96. The lowest BCUT2D eigenvalue weighted by Gasteiger charge is -2.11. The molecule has 0 aliphatic carbocycles. The quantitative estimate of drug-likeness (QED) is 0.778. The summed E-state index contributed by atoms with van der Waals surface area (Å²) in [5.41, 5.74) is 5.70.